The summed E-state index contributed by atoms with van der Waals surface area (Å²) in [5.74, 6) is 1.66. The van der Waals surface area contributed by atoms with Crippen molar-refractivity contribution in [3.63, 3.8) is 0 Å². The molecule has 1 aromatic carbocycles. The van der Waals surface area contributed by atoms with Crippen molar-refractivity contribution in [3.05, 3.63) is 48.1 Å². The molecule has 0 N–H and O–H groups in total. The van der Waals surface area contributed by atoms with Crippen LogP contribution in [0.2, 0.25) is 0 Å². The molecule has 104 valence electrons. The fourth-order valence-electron chi connectivity index (χ4n) is 1.88. The second kappa shape index (κ2) is 8.58. The third-order valence-electron chi connectivity index (χ3n) is 3.21. The van der Waals surface area contributed by atoms with E-state index in [9.17, 15) is 0 Å². The number of ether oxygens (including phenoxy) is 1. The van der Waals surface area contributed by atoms with Gasteiger partial charge in [0.25, 0.3) is 0 Å². The Morgan fingerprint density at radius 3 is 2.47 bits per heavy atom. The summed E-state index contributed by atoms with van der Waals surface area (Å²) in [6.07, 6.45) is 7.68. The summed E-state index contributed by atoms with van der Waals surface area (Å²) >= 11 is 0. The molecule has 0 radical (unpaired) electrons. The van der Waals surface area contributed by atoms with Gasteiger partial charge in [0.15, 0.2) is 0 Å². The fourth-order valence-corrected chi connectivity index (χ4v) is 1.88. The highest BCUT2D eigenvalue weighted by Crippen LogP contribution is 2.16. The summed E-state index contributed by atoms with van der Waals surface area (Å²) in [5.41, 5.74) is 2.54. The van der Waals surface area contributed by atoms with Gasteiger partial charge < -0.3 is 4.74 Å². The molecule has 0 spiro atoms. The highest BCUT2D eigenvalue weighted by atomic mass is 16.5. The second-order valence-electron chi connectivity index (χ2n) is 5.37. The van der Waals surface area contributed by atoms with Crippen molar-refractivity contribution in [1.29, 1.82) is 0 Å². The first-order chi connectivity index (χ1) is 9.11. The van der Waals surface area contributed by atoms with Gasteiger partial charge in [-0.2, -0.15) is 0 Å². The van der Waals surface area contributed by atoms with Gasteiger partial charge in [0.1, 0.15) is 5.75 Å². The van der Waals surface area contributed by atoms with E-state index in [0.29, 0.717) is 5.92 Å². The van der Waals surface area contributed by atoms with Crippen LogP contribution in [-0.4, -0.2) is 6.61 Å². The van der Waals surface area contributed by atoms with Crippen LogP contribution in [0.5, 0.6) is 5.75 Å². The molecule has 0 fully saturated rings. The molecule has 1 nitrogen and oxygen atoms in total. The predicted molar refractivity (Wildman–Crippen MR) is 84.5 cm³/mol. The molecule has 1 atom stereocenters. The van der Waals surface area contributed by atoms with Crippen LogP contribution < -0.4 is 4.74 Å². The maximum absolute atomic E-state index is 5.75. The SMILES string of the molecule is C=Cc1ccc(OCCC(C)CCC=C(C)C)cc1. The van der Waals surface area contributed by atoms with E-state index < -0.39 is 0 Å². The van der Waals surface area contributed by atoms with Crippen molar-refractivity contribution < 1.29 is 4.74 Å². The van der Waals surface area contributed by atoms with Gasteiger partial charge in [0.05, 0.1) is 6.61 Å². The van der Waals surface area contributed by atoms with Crippen molar-refractivity contribution in [2.24, 2.45) is 5.92 Å². The number of benzene rings is 1. The number of hydrogen-bond acceptors (Lipinski definition) is 1. The standard InChI is InChI=1S/C18H26O/c1-5-17-9-11-18(12-10-17)19-14-13-16(4)8-6-7-15(2)3/h5,7,9-12,16H,1,6,8,13-14H2,2-4H3. The van der Waals surface area contributed by atoms with E-state index in [-0.39, 0.29) is 0 Å². The van der Waals surface area contributed by atoms with Crippen LogP contribution >= 0.6 is 0 Å². The Hall–Kier alpha value is -1.50. The number of rotatable bonds is 8. The molecule has 0 amide bonds. The van der Waals surface area contributed by atoms with Gasteiger partial charge in [-0.25, -0.2) is 0 Å². The van der Waals surface area contributed by atoms with Crippen molar-refractivity contribution in [2.75, 3.05) is 6.61 Å². The molecule has 0 aliphatic heterocycles. The van der Waals surface area contributed by atoms with Crippen LogP contribution in [0.1, 0.15) is 45.6 Å². The Bertz CT molecular complexity index is 396. The molecule has 0 aliphatic rings. The molecule has 1 unspecified atom stereocenters. The van der Waals surface area contributed by atoms with E-state index in [4.69, 9.17) is 4.74 Å². The zero-order chi connectivity index (χ0) is 14.1. The van der Waals surface area contributed by atoms with Crippen molar-refractivity contribution in [2.45, 2.75) is 40.0 Å². The van der Waals surface area contributed by atoms with Gasteiger partial charge in [-0.3, -0.25) is 0 Å². The van der Waals surface area contributed by atoms with Gasteiger partial charge in [-0.15, -0.1) is 0 Å². The summed E-state index contributed by atoms with van der Waals surface area (Å²) < 4.78 is 5.75. The summed E-state index contributed by atoms with van der Waals surface area (Å²) in [5, 5.41) is 0. The molecular formula is C18H26O. The van der Waals surface area contributed by atoms with Crippen LogP contribution in [-0.2, 0) is 0 Å². The van der Waals surface area contributed by atoms with E-state index in [1.807, 2.05) is 30.3 Å². The largest absolute Gasteiger partial charge is 0.494 e. The minimum Gasteiger partial charge on any atom is -0.494 e. The summed E-state index contributed by atoms with van der Waals surface area (Å²) in [6, 6.07) is 8.07. The molecule has 0 heterocycles. The van der Waals surface area contributed by atoms with Crippen molar-refractivity contribution in [1.82, 2.24) is 0 Å². The lowest BCUT2D eigenvalue weighted by Gasteiger charge is -2.11. The maximum atomic E-state index is 5.75. The van der Waals surface area contributed by atoms with Gasteiger partial charge in [0, 0.05) is 0 Å². The molecule has 1 aromatic rings. The van der Waals surface area contributed by atoms with E-state index in [0.717, 1.165) is 24.3 Å². The molecule has 1 rings (SSSR count). The number of hydrogen-bond donors (Lipinski definition) is 0. The molecule has 0 aromatic heterocycles. The molecule has 0 saturated heterocycles. The molecular weight excluding hydrogens is 232 g/mol. The van der Waals surface area contributed by atoms with Gasteiger partial charge in [0.2, 0.25) is 0 Å². The highest BCUT2D eigenvalue weighted by molar-refractivity contribution is 5.48. The first kappa shape index (κ1) is 15.6. The Labute approximate surface area is 118 Å². The van der Waals surface area contributed by atoms with Crippen LogP contribution in [0.4, 0.5) is 0 Å². The summed E-state index contributed by atoms with van der Waals surface area (Å²) in [6.45, 7) is 11.1. The quantitative estimate of drug-likeness (QED) is 0.561. The van der Waals surface area contributed by atoms with Crippen LogP contribution in [0.3, 0.4) is 0 Å². The van der Waals surface area contributed by atoms with E-state index in [1.54, 1.807) is 0 Å². The number of allylic oxidation sites excluding steroid dienone is 2. The average molecular weight is 258 g/mol. The second-order valence-corrected chi connectivity index (χ2v) is 5.37. The third-order valence-corrected chi connectivity index (χ3v) is 3.21. The van der Waals surface area contributed by atoms with Gasteiger partial charge >= 0.3 is 0 Å². The lowest BCUT2D eigenvalue weighted by molar-refractivity contribution is 0.279. The minimum absolute atomic E-state index is 0.711. The zero-order valence-corrected chi connectivity index (χ0v) is 12.5. The normalized spacial score (nSPS) is 11.7. The maximum Gasteiger partial charge on any atom is 0.119 e. The lowest BCUT2D eigenvalue weighted by Crippen LogP contribution is -2.04. The Morgan fingerprint density at radius 1 is 1.21 bits per heavy atom. The molecule has 19 heavy (non-hydrogen) atoms. The summed E-state index contributed by atoms with van der Waals surface area (Å²) in [7, 11) is 0. The Morgan fingerprint density at radius 2 is 1.89 bits per heavy atom. The first-order valence-electron chi connectivity index (χ1n) is 7.10. The van der Waals surface area contributed by atoms with Gasteiger partial charge in [-0.1, -0.05) is 43.4 Å². The molecule has 1 heteroatoms. The Kier molecular flexibility index (Phi) is 7.02. The first-order valence-corrected chi connectivity index (χ1v) is 7.10. The van der Waals surface area contributed by atoms with E-state index in [1.165, 1.54) is 18.4 Å². The molecule has 0 bridgehead atoms. The minimum atomic E-state index is 0.711. The Balaban J connectivity index is 2.21. The third kappa shape index (κ3) is 6.85. The van der Waals surface area contributed by atoms with Gasteiger partial charge in [-0.05, 0) is 56.7 Å². The van der Waals surface area contributed by atoms with E-state index >= 15 is 0 Å². The average Bonchev–Trinajstić information content (AvgIpc) is 2.39. The lowest BCUT2D eigenvalue weighted by atomic mass is 10.0. The van der Waals surface area contributed by atoms with Crippen LogP contribution in [0.15, 0.2) is 42.5 Å². The predicted octanol–water partition coefficient (Wildman–Crippen LogP) is 5.48. The fraction of sp³-hybridized carbons (Fsp3) is 0.444. The topological polar surface area (TPSA) is 9.23 Å². The van der Waals surface area contributed by atoms with Crippen molar-refractivity contribution >= 4 is 6.08 Å². The molecule has 0 saturated carbocycles. The highest BCUT2D eigenvalue weighted by Gasteiger charge is 2.02. The monoisotopic (exact) mass is 258 g/mol. The summed E-state index contributed by atoms with van der Waals surface area (Å²) in [4.78, 5) is 0. The zero-order valence-electron chi connectivity index (χ0n) is 12.5. The van der Waals surface area contributed by atoms with Crippen LogP contribution in [0, 0.1) is 5.92 Å². The molecule has 0 aliphatic carbocycles. The van der Waals surface area contributed by atoms with Crippen LogP contribution in [0.25, 0.3) is 6.08 Å². The van der Waals surface area contributed by atoms with Crippen molar-refractivity contribution in [3.8, 4) is 5.75 Å². The smallest absolute Gasteiger partial charge is 0.119 e. The van der Waals surface area contributed by atoms with E-state index in [2.05, 4.69) is 33.4 Å².